The van der Waals surface area contributed by atoms with E-state index in [0.29, 0.717) is 0 Å². The number of rotatable bonds is 3. The van der Waals surface area contributed by atoms with Crippen molar-refractivity contribution in [2.75, 3.05) is 0 Å². The highest BCUT2D eigenvalue weighted by Crippen LogP contribution is 2.21. The molecule has 5 N–H and O–H groups in total. The van der Waals surface area contributed by atoms with Crippen LogP contribution in [-0.2, 0) is 20.6 Å². The number of hydrogen-bond acceptors (Lipinski definition) is 7. The first-order valence-electron chi connectivity index (χ1n) is 8.61. The smallest absolute Gasteiger partial charge is 0.255 e. The molecule has 9 nitrogen and oxygen atoms in total. The minimum Gasteiger partial charge on any atom is -0.399 e. The molecule has 0 aliphatic heterocycles. The standard InChI is InChI=1S/C20H15N3O6S2/c21-13-5-7-15(17(9-13)30(26)27)16-8-6-14(10-18(16)31(28)29)23-20(25)12-3-1-11(2-4-12)19(22)24/h1-10H,21H2,(H2,22,24)(H,23,25)/b16-15+. The topological polar surface area (TPSA) is 166 Å². The number of hydrogen-bond donors (Lipinski definition) is 3. The summed E-state index contributed by atoms with van der Waals surface area (Å²) < 4.78 is 46.8. The minimum atomic E-state index is -2.73. The van der Waals surface area contributed by atoms with Gasteiger partial charge in [0.1, 0.15) is 9.73 Å². The van der Waals surface area contributed by atoms with Crippen LogP contribution >= 0.6 is 0 Å². The van der Waals surface area contributed by atoms with Crippen molar-refractivity contribution in [1.82, 2.24) is 5.32 Å². The van der Waals surface area contributed by atoms with Crippen molar-refractivity contribution >= 4 is 42.1 Å². The number of benzene rings is 1. The van der Waals surface area contributed by atoms with Gasteiger partial charge in [-0.25, -0.2) is 0 Å². The number of carbonyl (C=O) groups excluding carboxylic acids is 2. The predicted molar refractivity (Wildman–Crippen MR) is 116 cm³/mol. The van der Waals surface area contributed by atoms with Crippen LogP contribution in [0.25, 0.3) is 0 Å². The van der Waals surface area contributed by atoms with E-state index in [-0.39, 0.29) is 43.4 Å². The fraction of sp³-hybridized carbons (Fsp3) is 0. The molecule has 0 unspecified atom stereocenters. The Labute approximate surface area is 179 Å². The van der Waals surface area contributed by atoms with Gasteiger partial charge in [-0.3, -0.25) is 9.59 Å². The summed E-state index contributed by atoms with van der Waals surface area (Å²) in [4.78, 5) is 23.2. The maximum atomic E-state index is 12.4. The number of carbonyl (C=O) groups is 2. The van der Waals surface area contributed by atoms with Crippen molar-refractivity contribution in [3.63, 3.8) is 0 Å². The van der Waals surface area contributed by atoms with Crippen molar-refractivity contribution in [3.05, 3.63) is 94.4 Å². The highest BCUT2D eigenvalue weighted by Gasteiger charge is 2.20. The average molecular weight is 457 g/mol. The second-order valence-corrected chi connectivity index (χ2v) is 8.15. The molecule has 31 heavy (non-hydrogen) atoms. The van der Waals surface area contributed by atoms with Gasteiger partial charge in [-0.05, 0) is 48.6 Å². The maximum absolute atomic E-state index is 12.4. The first-order chi connectivity index (χ1) is 14.7. The molecule has 158 valence electrons. The summed E-state index contributed by atoms with van der Waals surface area (Å²) in [5.74, 6) is -1.17. The molecule has 0 saturated heterocycles. The third-order valence-corrected chi connectivity index (χ3v) is 5.72. The third kappa shape index (κ3) is 4.79. The van der Waals surface area contributed by atoms with E-state index in [1.165, 1.54) is 60.7 Å². The molecule has 0 heterocycles. The molecule has 0 bridgehead atoms. The summed E-state index contributed by atoms with van der Waals surface area (Å²) in [5, 5.41) is 2.56. The van der Waals surface area contributed by atoms with Crippen LogP contribution in [0, 0.1) is 0 Å². The van der Waals surface area contributed by atoms with E-state index in [2.05, 4.69) is 5.32 Å². The van der Waals surface area contributed by atoms with Gasteiger partial charge >= 0.3 is 0 Å². The van der Waals surface area contributed by atoms with Gasteiger partial charge in [-0.15, -0.1) is 0 Å². The highest BCUT2D eigenvalue weighted by atomic mass is 32.2. The van der Waals surface area contributed by atoms with E-state index in [9.17, 15) is 26.4 Å². The van der Waals surface area contributed by atoms with Crippen LogP contribution in [0.1, 0.15) is 20.7 Å². The lowest BCUT2D eigenvalue weighted by molar-refractivity contribution is 0.0963. The lowest BCUT2D eigenvalue weighted by Gasteiger charge is -2.16. The molecule has 3 rings (SSSR count). The average Bonchev–Trinajstić information content (AvgIpc) is 2.73. The highest BCUT2D eigenvalue weighted by molar-refractivity contribution is 7.74. The first-order valence-corrected chi connectivity index (χ1v) is 10.8. The zero-order valence-electron chi connectivity index (χ0n) is 15.7. The summed E-state index contributed by atoms with van der Waals surface area (Å²) in [5.41, 5.74) is 11.9. The van der Waals surface area contributed by atoms with Gasteiger partial charge in [0.15, 0.2) is 0 Å². The molecule has 0 fully saturated rings. The molecule has 0 radical (unpaired) electrons. The quantitative estimate of drug-likeness (QED) is 0.417. The van der Waals surface area contributed by atoms with Crippen LogP contribution in [0.5, 0.6) is 0 Å². The lowest BCUT2D eigenvalue weighted by atomic mass is 9.94. The SMILES string of the molecule is NC(=O)c1ccc(C(=O)NC2=CC(=S(=O)=O)/C(=C3\C=CC(N)=CC3=S(=O)=O)C=C2)cc1. The number of allylic oxidation sites excluding steroid dienone is 8. The van der Waals surface area contributed by atoms with Crippen LogP contribution in [0.4, 0.5) is 0 Å². The summed E-state index contributed by atoms with van der Waals surface area (Å²) >= 11 is 0. The molecule has 2 aliphatic rings. The number of amides is 2. The van der Waals surface area contributed by atoms with Gasteiger partial charge in [0.25, 0.3) is 5.91 Å². The van der Waals surface area contributed by atoms with E-state index in [1.54, 1.807) is 0 Å². The summed E-state index contributed by atoms with van der Waals surface area (Å²) in [6.45, 7) is 0. The van der Waals surface area contributed by atoms with Crippen LogP contribution in [0.15, 0.2) is 83.3 Å². The maximum Gasteiger partial charge on any atom is 0.255 e. The second kappa shape index (κ2) is 8.81. The van der Waals surface area contributed by atoms with E-state index in [4.69, 9.17) is 11.5 Å². The Morgan fingerprint density at radius 3 is 1.81 bits per heavy atom. The van der Waals surface area contributed by atoms with Crippen LogP contribution < -0.4 is 16.8 Å². The van der Waals surface area contributed by atoms with Gasteiger partial charge in [0.05, 0.1) is 0 Å². The third-order valence-electron chi connectivity index (χ3n) is 4.33. The van der Waals surface area contributed by atoms with E-state index >= 15 is 0 Å². The van der Waals surface area contributed by atoms with Crippen molar-refractivity contribution in [1.29, 1.82) is 0 Å². The van der Waals surface area contributed by atoms with E-state index in [0.717, 1.165) is 0 Å². The molecule has 0 atom stereocenters. The summed E-state index contributed by atoms with van der Waals surface area (Å²) in [7, 11) is -5.38. The molecule has 1 aromatic carbocycles. The predicted octanol–water partition coefficient (Wildman–Crippen LogP) is -0.219. The normalized spacial score (nSPS) is 17.7. The van der Waals surface area contributed by atoms with Gasteiger partial charge in [0.2, 0.25) is 26.5 Å². The summed E-state index contributed by atoms with van der Waals surface area (Å²) in [6, 6.07) is 5.59. The monoisotopic (exact) mass is 457 g/mol. The Bertz CT molecular complexity index is 1420. The molecule has 0 aromatic heterocycles. The van der Waals surface area contributed by atoms with Gasteiger partial charge in [0, 0.05) is 33.7 Å². The number of nitrogens with one attached hydrogen (secondary N) is 1. The molecular weight excluding hydrogens is 442 g/mol. The molecular formula is C20H15N3O6S2. The fourth-order valence-corrected chi connectivity index (χ4v) is 4.02. The van der Waals surface area contributed by atoms with Gasteiger partial charge in [-0.2, -0.15) is 16.8 Å². The first kappa shape index (κ1) is 21.7. The summed E-state index contributed by atoms with van der Waals surface area (Å²) in [6.07, 6.45) is 8.12. The van der Waals surface area contributed by atoms with Crippen LogP contribution in [0.2, 0.25) is 0 Å². The van der Waals surface area contributed by atoms with Crippen molar-refractivity contribution in [3.8, 4) is 0 Å². The van der Waals surface area contributed by atoms with Crippen molar-refractivity contribution in [2.45, 2.75) is 0 Å². The lowest BCUT2D eigenvalue weighted by Crippen LogP contribution is -2.25. The molecule has 2 aliphatic carbocycles. The van der Waals surface area contributed by atoms with E-state index in [1.807, 2.05) is 0 Å². The Morgan fingerprint density at radius 1 is 0.742 bits per heavy atom. The van der Waals surface area contributed by atoms with Gasteiger partial charge in [-0.1, -0.05) is 12.2 Å². The van der Waals surface area contributed by atoms with Crippen LogP contribution in [0.3, 0.4) is 0 Å². The van der Waals surface area contributed by atoms with Crippen LogP contribution in [-0.4, -0.2) is 38.4 Å². The van der Waals surface area contributed by atoms with Gasteiger partial charge < -0.3 is 16.8 Å². The Kier molecular flexibility index (Phi) is 6.18. The van der Waals surface area contributed by atoms with Crippen molar-refractivity contribution in [2.24, 2.45) is 11.5 Å². The molecule has 0 saturated carbocycles. The second-order valence-electron chi connectivity index (χ2n) is 6.33. The Morgan fingerprint density at radius 2 is 1.26 bits per heavy atom. The largest absolute Gasteiger partial charge is 0.399 e. The number of nitrogens with two attached hydrogens (primary N) is 2. The fourth-order valence-electron chi connectivity index (χ4n) is 2.85. The molecule has 0 spiro atoms. The Hall–Kier alpha value is -3.96. The zero-order valence-corrected chi connectivity index (χ0v) is 17.3. The molecule has 2 amide bonds. The Balaban J connectivity index is 1.96. The zero-order chi connectivity index (χ0) is 22.7. The molecule has 11 heteroatoms. The van der Waals surface area contributed by atoms with E-state index < -0.39 is 32.4 Å². The minimum absolute atomic E-state index is 0.136. The molecule has 1 aromatic rings. The van der Waals surface area contributed by atoms with Crippen molar-refractivity contribution < 1.29 is 26.4 Å². The number of primary amides is 1.